The van der Waals surface area contributed by atoms with Crippen molar-refractivity contribution in [1.82, 2.24) is 24.6 Å². The van der Waals surface area contributed by atoms with Crippen LogP contribution in [0.5, 0.6) is 5.75 Å². The van der Waals surface area contributed by atoms with Gasteiger partial charge in [-0.05, 0) is 61.9 Å². The number of methoxy groups -OCH3 is 1. The molecule has 3 aromatic heterocycles. The van der Waals surface area contributed by atoms with Crippen molar-refractivity contribution >= 4 is 29.2 Å². The number of hydrogen-bond acceptors (Lipinski definition) is 8. The van der Waals surface area contributed by atoms with Gasteiger partial charge in [0.1, 0.15) is 17.6 Å². The molecule has 1 aliphatic heterocycles. The summed E-state index contributed by atoms with van der Waals surface area (Å²) >= 11 is 1.31. The predicted octanol–water partition coefficient (Wildman–Crippen LogP) is 3.81. The monoisotopic (exact) mass is 462 g/mol. The molecule has 4 aromatic rings. The Labute approximate surface area is 194 Å². The summed E-state index contributed by atoms with van der Waals surface area (Å²) in [6, 6.07) is 13.0. The van der Waals surface area contributed by atoms with Crippen molar-refractivity contribution in [3.63, 3.8) is 0 Å². The lowest BCUT2D eigenvalue weighted by Gasteiger charge is -2.19. The van der Waals surface area contributed by atoms with Crippen molar-refractivity contribution in [3.8, 4) is 5.75 Å². The van der Waals surface area contributed by atoms with Crippen molar-refractivity contribution in [1.29, 1.82) is 0 Å². The van der Waals surface area contributed by atoms with E-state index in [0.29, 0.717) is 23.1 Å². The summed E-state index contributed by atoms with van der Waals surface area (Å²) < 4.78 is 12.7. The van der Waals surface area contributed by atoms with Crippen molar-refractivity contribution in [2.24, 2.45) is 5.10 Å². The van der Waals surface area contributed by atoms with E-state index in [-0.39, 0.29) is 17.7 Å². The molecule has 0 fully saturated rings. The van der Waals surface area contributed by atoms with Gasteiger partial charge in [-0.25, -0.2) is 9.99 Å². The third kappa shape index (κ3) is 4.09. The molecule has 5 rings (SSSR count). The van der Waals surface area contributed by atoms with Gasteiger partial charge in [0.2, 0.25) is 0 Å². The van der Waals surface area contributed by atoms with E-state index in [1.807, 2.05) is 60.7 Å². The van der Waals surface area contributed by atoms with E-state index in [1.54, 1.807) is 13.4 Å². The molecule has 1 amide bonds. The molecule has 33 heavy (non-hydrogen) atoms. The van der Waals surface area contributed by atoms with Gasteiger partial charge >= 0.3 is 0 Å². The Bertz CT molecular complexity index is 1330. The number of amides is 1. The van der Waals surface area contributed by atoms with Crippen LogP contribution in [0.4, 0.5) is 0 Å². The van der Waals surface area contributed by atoms with Crippen LogP contribution in [0.2, 0.25) is 0 Å². The first-order valence-corrected chi connectivity index (χ1v) is 11.4. The average Bonchev–Trinajstić information content (AvgIpc) is 3.56. The van der Waals surface area contributed by atoms with E-state index in [2.05, 4.69) is 20.3 Å². The molecule has 1 aromatic carbocycles. The highest BCUT2D eigenvalue weighted by molar-refractivity contribution is 7.99. The molecule has 0 saturated heterocycles. The maximum absolute atomic E-state index is 13.3. The second-order valence-electron chi connectivity index (χ2n) is 7.69. The molecule has 0 spiro atoms. The maximum atomic E-state index is 13.3. The number of benzene rings is 1. The first-order chi connectivity index (χ1) is 16.0. The Morgan fingerprint density at radius 2 is 2.03 bits per heavy atom. The molecular weight excluding hydrogens is 440 g/mol. The minimum atomic E-state index is -0.300. The van der Waals surface area contributed by atoms with E-state index in [4.69, 9.17) is 9.15 Å². The molecule has 1 aliphatic rings. The van der Waals surface area contributed by atoms with Crippen LogP contribution in [0, 0.1) is 13.8 Å². The number of furan rings is 1. The minimum absolute atomic E-state index is 0.139. The quantitative estimate of drug-likeness (QED) is 0.402. The summed E-state index contributed by atoms with van der Waals surface area (Å²) in [7, 11) is 1.63. The second kappa shape index (κ2) is 8.70. The van der Waals surface area contributed by atoms with Crippen molar-refractivity contribution in [2.45, 2.75) is 31.5 Å². The number of hydrazone groups is 1. The normalized spacial score (nSPS) is 15.8. The van der Waals surface area contributed by atoms with Crippen LogP contribution < -0.4 is 4.74 Å². The van der Waals surface area contributed by atoms with Crippen molar-refractivity contribution < 1.29 is 13.9 Å². The first-order valence-electron chi connectivity index (χ1n) is 10.4. The fraction of sp³-hybridized carbons (Fsp3) is 0.261. The predicted molar refractivity (Wildman–Crippen MR) is 123 cm³/mol. The zero-order valence-corrected chi connectivity index (χ0v) is 19.2. The Hall–Kier alpha value is -3.66. The molecule has 0 radical (unpaired) electrons. The molecule has 10 heteroatoms. The van der Waals surface area contributed by atoms with Gasteiger partial charge in [0.05, 0.1) is 24.8 Å². The number of aromatic nitrogens is 4. The Morgan fingerprint density at radius 3 is 2.76 bits per heavy atom. The highest BCUT2D eigenvalue weighted by Crippen LogP contribution is 2.34. The van der Waals surface area contributed by atoms with Gasteiger partial charge in [0.25, 0.3) is 11.7 Å². The lowest BCUT2D eigenvalue weighted by atomic mass is 10.0. The zero-order chi connectivity index (χ0) is 22.9. The van der Waals surface area contributed by atoms with E-state index >= 15 is 0 Å². The lowest BCUT2D eigenvalue weighted by Crippen LogP contribution is -2.28. The van der Waals surface area contributed by atoms with Crippen molar-refractivity contribution in [3.05, 3.63) is 71.4 Å². The van der Waals surface area contributed by atoms with Gasteiger partial charge in [-0.1, -0.05) is 11.8 Å². The third-order valence-electron chi connectivity index (χ3n) is 5.45. The molecule has 168 valence electrons. The standard InChI is InChI=1S/C23H22N6O3S/c1-14-11-15(2)28-22(24-14)25-26-23(28)33-13-21(30)29-19(20-5-4-10-32-20)12-18(27-29)16-6-8-17(31-3)9-7-16/h4-11,19H,12-13H2,1-3H3. The number of thioether (sulfide) groups is 1. The highest BCUT2D eigenvalue weighted by Gasteiger charge is 2.35. The van der Waals surface area contributed by atoms with Crippen LogP contribution in [0.3, 0.4) is 0 Å². The van der Waals surface area contributed by atoms with Gasteiger partial charge < -0.3 is 9.15 Å². The van der Waals surface area contributed by atoms with E-state index < -0.39 is 0 Å². The van der Waals surface area contributed by atoms with Gasteiger partial charge in [-0.15, -0.1) is 10.2 Å². The molecule has 1 unspecified atom stereocenters. The summed E-state index contributed by atoms with van der Waals surface area (Å²) in [4.78, 5) is 17.7. The number of aryl methyl sites for hydroxylation is 2. The Morgan fingerprint density at radius 1 is 1.21 bits per heavy atom. The number of carbonyl (C=O) groups excluding carboxylic acids is 1. The number of rotatable bonds is 6. The minimum Gasteiger partial charge on any atom is -0.497 e. The Balaban J connectivity index is 1.39. The molecule has 9 nitrogen and oxygen atoms in total. The highest BCUT2D eigenvalue weighted by atomic mass is 32.2. The molecular formula is C23H22N6O3S. The number of ether oxygens (including phenoxy) is 1. The molecule has 0 bridgehead atoms. The van der Waals surface area contributed by atoms with Crippen LogP contribution in [0.15, 0.2) is 63.4 Å². The molecule has 1 atom stereocenters. The lowest BCUT2D eigenvalue weighted by molar-refractivity contribution is -0.130. The SMILES string of the molecule is COc1ccc(C2=NN(C(=O)CSc3nnc4nc(C)cc(C)n34)C(c3ccco3)C2)cc1. The fourth-order valence-corrected chi connectivity index (χ4v) is 4.73. The topological polar surface area (TPSA) is 98.1 Å². The van der Waals surface area contributed by atoms with Crippen LogP contribution >= 0.6 is 11.8 Å². The van der Waals surface area contributed by atoms with Gasteiger partial charge in [-0.2, -0.15) is 5.10 Å². The van der Waals surface area contributed by atoms with Gasteiger partial charge in [0.15, 0.2) is 5.16 Å². The summed E-state index contributed by atoms with van der Waals surface area (Å²) in [5, 5.41) is 15.2. The number of carbonyl (C=O) groups is 1. The van der Waals surface area contributed by atoms with E-state index in [0.717, 1.165) is 28.4 Å². The maximum Gasteiger partial charge on any atom is 0.256 e. The van der Waals surface area contributed by atoms with Crippen molar-refractivity contribution in [2.75, 3.05) is 12.9 Å². The number of nitrogens with zero attached hydrogens (tertiary/aromatic N) is 6. The third-order valence-corrected chi connectivity index (χ3v) is 6.36. The van der Waals surface area contributed by atoms with Gasteiger partial charge in [-0.3, -0.25) is 9.20 Å². The zero-order valence-electron chi connectivity index (χ0n) is 18.4. The molecule has 0 saturated carbocycles. The largest absolute Gasteiger partial charge is 0.497 e. The number of fused-ring (bicyclic) bond motifs is 1. The van der Waals surface area contributed by atoms with Crippen LogP contribution in [-0.2, 0) is 4.79 Å². The van der Waals surface area contributed by atoms with E-state index in [9.17, 15) is 4.79 Å². The van der Waals surface area contributed by atoms with Crippen LogP contribution in [-0.4, -0.2) is 49.1 Å². The smallest absolute Gasteiger partial charge is 0.256 e. The molecule has 4 heterocycles. The van der Waals surface area contributed by atoms with Crippen LogP contribution in [0.1, 0.15) is 35.2 Å². The summed E-state index contributed by atoms with van der Waals surface area (Å²) in [6.07, 6.45) is 2.17. The second-order valence-corrected chi connectivity index (χ2v) is 8.64. The van der Waals surface area contributed by atoms with Gasteiger partial charge in [0, 0.05) is 17.8 Å². The average molecular weight is 463 g/mol. The van der Waals surface area contributed by atoms with E-state index in [1.165, 1.54) is 16.8 Å². The fourth-order valence-electron chi connectivity index (χ4n) is 3.89. The first kappa shape index (κ1) is 21.2. The summed E-state index contributed by atoms with van der Waals surface area (Å²) in [5.74, 6) is 2.01. The number of hydrogen-bond donors (Lipinski definition) is 0. The molecule has 0 aliphatic carbocycles. The van der Waals surface area contributed by atoms with Crippen LogP contribution in [0.25, 0.3) is 5.78 Å². The summed E-state index contributed by atoms with van der Waals surface area (Å²) in [6.45, 7) is 3.88. The summed E-state index contributed by atoms with van der Waals surface area (Å²) in [5.41, 5.74) is 3.60. The Kier molecular flexibility index (Phi) is 5.59. The molecule has 0 N–H and O–H groups in total.